The number of hydrogen-bond acceptors (Lipinski definition) is 2. The van der Waals surface area contributed by atoms with Gasteiger partial charge in [0, 0.05) is 0 Å². The molecule has 1 rings (SSSR count). The summed E-state index contributed by atoms with van der Waals surface area (Å²) in [6, 6.07) is 0. The number of methoxy groups -OCH3 is 1. The number of esters is 1. The van der Waals surface area contributed by atoms with Crippen LogP contribution in [0.4, 0.5) is 19.4 Å². The van der Waals surface area contributed by atoms with Crippen LogP contribution < -0.4 is 0 Å². The van der Waals surface area contributed by atoms with Crippen LogP contribution in [0.25, 0.3) is 0 Å². The maximum absolute atomic E-state index is 12.6. The minimum atomic E-state index is -9.53. The molecule has 0 fully saturated rings. The summed E-state index contributed by atoms with van der Waals surface area (Å²) in [6.07, 6.45) is -0.117. The van der Waals surface area contributed by atoms with Gasteiger partial charge in [-0.05, 0) is 32.6 Å². The minimum absolute atomic E-state index is 0.0387. The number of allylic oxidation sites excluding steroid dienone is 2. The van der Waals surface area contributed by atoms with Gasteiger partial charge in [-0.2, -0.15) is 0 Å². The van der Waals surface area contributed by atoms with Crippen molar-refractivity contribution in [1.29, 1.82) is 0 Å². The third-order valence-electron chi connectivity index (χ3n) is 3.43. The van der Waals surface area contributed by atoms with Gasteiger partial charge in [0.05, 0.1) is 18.8 Å². The van der Waals surface area contributed by atoms with Crippen molar-refractivity contribution in [3.05, 3.63) is 11.1 Å². The average molecular weight is 308 g/mol. The molecule has 0 spiro atoms. The molecule has 0 N–H and O–H groups in total. The lowest BCUT2D eigenvalue weighted by molar-refractivity contribution is -0.147. The van der Waals surface area contributed by atoms with E-state index in [0.29, 0.717) is 5.57 Å². The van der Waals surface area contributed by atoms with Crippen LogP contribution in [-0.4, -0.2) is 18.8 Å². The number of halogens is 5. The highest BCUT2D eigenvalue weighted by atomic mass is 32.5. The van der Waals surface area contributed by atoms with Crippen molar-refractivity contribution >= 4 is 16.2 Å². The van der Waals surface area contributed by atoms with E-state index in [2.05, 4.69) is 4.74 Å². The Hall–Kier alpha value is -0.790. The molecule has 2 unspecified atom stereocenters. The van der Waals surface area contributed by atoms with Gasteiger partial charge >= 0.3 is 5.97 Å². The van der Waals surface area contributed by atoms with Crippen molar-refractivity contribution in [2.45, 2.75) is 26.7 Å². The lowest BCUT2D eigenvalue weighted by atomic mass is 9.77. The van der Waals surface area contributed by atoms with E-state index in [1.807, 2.05) is 0 Å². The SMILES string of the molecule is COC(=O)C1CC(C)=C(C)CC1CS(F)(F)(F)(F)F. The van der Waals surface area contributed by atoms with Gasteiger partial charge in [0.25, 0.3) is 10.2 Å². The summed E-state index contributed by atoms with van der Waals surface area (Å²) >= 11 is 0. The predicted octanol–water partition coefficient (Wildman–Crippen LogP) is 4.82. The molecule has 0 heterocycles. The second kappa shape index (κ2) is 4.10. The summed E-state index contributed by atoms with van der Waals surface area (Å²) in [7, 11) is -8.49. The summed E-state index contributed by atoms with van der Waals surface area (Å²) in [6.45, 7) is 3.28. The molecular weight excluding hydrogens is 291 g/mol. The van der Waals surface area contributed by atoms with Gasteiger partial charge in [0.2, 0.25) is 0 Å². The largest absolute Gasteiger partial charge is 0.469 e. The van der Waals surface area contributed by atoms with E-state index in [1.165, 1.54) is 0 Å². The van der Waals surface area contributed by atoms with Crippen molar-refractivity contribution < 1.29 is 29.0 Å². The van der Waals surface area contributed by atoms with Crippen molar-refractivity contribution in [2.24, 2.45) is 11.8 Å². The topological polar surface area (TPSA) is 26.3 Å². The van der Waals surface area contributed by atoms with Crippen molar-refractivity contribution in [2.75, 3.05) is 12.9 Å². The fourth-order valence-electron chi connectivity index (χ4n) is 2.39. The molecule has 0 saturated heterocycles. The molecule has 0 aliphatic heterocycles. The Labute approximate surface area is 108 Å². The van der Waals surface area contributed by atoms with E-state index in [4.69, 9.17) is 0 Å². The number of carbonyl (C=O) groups excluding carboxylic acids is 1. The maximum Gasteiger partial charge on any atom is 0.309 e. The highest BCUT2D eigenvalue weighted by molar-refractivity contribution is 8.45. The Morgan fingerprint density at radius 2 is 1.63 bits per heavy atom. The Balaban J connectivity index is 3.07. The molecule has 0 aromatic heterocycles. The molecule has 2 nitrogen and oxygen atoms in total. The zero-order valence-electron chi connectivity index (χ0n) is 10.9. The van der Waals surface area contributed by atoms with E-state index in [0.717, 1.165) is 12.7 Å². The van der Waals surface area contributed by atoms with E-state index in [1.54, 1.807) is 13.8 Å². The van der Waals surface area contributed by atoms with Gasteiger partial charge in [-0.15, -0.1) is 0 Å². The molecule has 0 aromatic carbocycles. The standard InChI is InChI=1S/C11H17F5O2S/c1-7-4-9(6-19(12,13,14,15)16)10(5-8(7)2)11(17)18-3/h9-10H,4-6H2,1-3H3. The van der Waals surface area contributed by atoms with Crippen LogP contribution in [0, 0.1) is 11.8 Å². The first kappa shape index (κ1) is 16.3. The van der Waals surface area contributed by atoms with Gasteiger partial charge in [-0.1, -0.05) is 30.6 Å². The maximum atomic E-state index is 12.6. The van der Waals surface area contributed by atoms with Gasteiger partial charge < -0.3 is 4.74 Å². The van der Waals surface area contributed by atoms with Crippen LogP contribution in [0.15, 0.2) is 11.1 Å². The lowest BCUT2D eigenvalue weighted by Gasteiger charge is -2.45. The average Bonchev–Trinajstić information content (AvgIpc) is 2.17. The van der Waals surface area contributed by atoms with Crippen LogP contribution in [0.2, 0.25) is 0 Å². The first-order valence-corrected chi connectivity index (χ1v) is 7.80. The Kier molecular flexibility index (Phi) is 3.51. The second-order valence-electron chi connectivity index (χ2n) is 5.15. The molecular formula is C11H17F5O2S. The Morgan fingerprint density at radius 1 is 1.16 bits per heavy atom. The highest BCUT2D eigenvalue weighted by Crippen LogP contribution is 2.98. The molecule has 114 valence electrons. The van der Waals surface area contributed by atoms with E-state index >= 15 is 0 Å². The van der Waals surface area contributed by atoms with Crippen molar-refractivity contribution in [3.63, 3.8) is 0 Å². The molecule has 0 amide bonds. The van der Waals surface area contributed by atoms with Crippen LogP contribution in [0.1, 0.15) is 26.7 Å². The Morgan fingerprint density at radius 3 is 2.05 bits per heavy atom. The van der Waals surface area contributed by atoms with Gasteiger partial charge in [0.15, 0.2) is 0 Å². The molecule has 0 aromatic rings. The minimum Gasteiger partial charge on any atom is -0.469 e. The second-order valence-corrected chi connectivity index (χ2v) is 7.74. The first-order valence-electron chi connectivity index (χ1n) is 5.68. The van der Waals surface area contributed by atoms with Crippen molar-refractivity contribution in [3.8, 4) is 0 Å². The van der Waals surface area contributed by atoms with Crippen LogP contribution in [0.3, 0.4) is 0 Å². The normalized spacial score (nSPS) is 28.6. The number of hydrogen-bond donors (Lipinski definition) is 0. The highest BCUT2D eigenvalue weighted by Gasteiger charge is 2.65. The number of rotatable bonds is 3. The van der Waals surface area contributed by atoms with Crippen LogP contribution >= 0.6 is 10.2 Å². The monoisotopic (exact) mass is 308 g/mol. The molecule has 0 radical (unpaired) electrons. The van der Waals surface area contributed by atoms with Gasteiger partial charge in [-0.3, -0.25) is 4.79 Å². The smallest absolute Gasteiger partial charge is 0.309 e. The van der Waals surface area contributed by atoms with Gasteiger partial charge in [-0.25, -0.2) is 0 Å². The van der Waals surface area contributed by atoms with E-state index in [9.17, 15) is 24.2 Å². The van der Waals surface area contributed by atoms with Gasteiger partial charge in [0.1, 0.15) is 0 Å². The molecule has 8 heteroatoms. The summed E-state index contributed by atoms with van der Waals surface area (Å²) in [5.74, 6) is -5.67. The predicted molar refractivity (Wildman–Crippen MR) is 64.6 cm³/mol. The summed E-state index contributed by atoms with van der Waals surface area (Å²) in [5.41, 5.74) is 1.39. The quantitative estimate of drug-likeness (QED) is 0.424. The molecule has 1 aliphatic rings. The molecule has 0 bridgehead atoms. The fraction of sp³-hybridized carbons (Fsp3) is 0.727. The van der Waals surface area contributed by atoms with Crippen LogP contribution in [0.5, 0.6) is 0 Å². The Bertz CT molecular complexity index is 425. The van der Waals surface area contributed by atoms with Crippen LogP contribution in [-0.2, 0) is 9.53 Å². The molecule has 19 heavy (non-hydrogen) atoms. The molecule has 1 aliphatic carbocycles. The summed E-state index contributed by atoms with van der Waals surface area (Å²) in [4.78, 5) is 11.5. The summed E-state index contributed by atoms with van der Waals surface area (Å²) < 4.78 is 67.4. The molecule has 2 atom stereocenters. The third-order valence-corrected chi connectivity index (χ3v) is 4.48. The van der Waals surface area contributed by atoms with E-state index in [-0.39, 0.29) is 12.8 Å². The van der Waals surface area contributed by atoms with E-state index < -0.39 is 33.8 Å². The third kappa shape index (κ3) is 5.00. The lowest BCUT2D eigenvalue weighted by Crippen LogP contribution is -2.34. The molecule has 0 saturated carbocycles. The fourth-order valence-corrected chi connectivity index (χ4v) is 3.55. The number of ether oxygens (including phenoxy) is 1. The summed E-state index contributed by atoms with van der Waals surface area (Å²) in [5, 5.41) is 0. The number of carbonyl (C=O) groups is 1. The van der Waals surface area contributed by atoms with Crippen molar-refractivity contribution in [1.82, 2.24) is 0 Å². The first-order chi connectivity index (χ1) is 8.22. The zero-order valence-corrected chi connectivity index (χ0v) is 11.7. The zero-order chi connectivity index (χ0) is 15.1.